The van der Waals surface area contributed by atoms with E-state index >= 15 is 0 Å². The molecule has 0 saturated heterocycles. The minimum absolute atomic E-state index is 0.0280. The van der Waals surface area contributed by atoms with E-state index < -0.39 is 11.8 Å². The van der Waals surface area contributed by atoms with Crippen LogP contribution in [0, 0.1) is 34.5 Å². The standard InChI is InChI=1S/C42H46F4N4O2/c1-39(17-18-39)30(24-35(51)27-9-13-41(43,44)14-10-27)37-48-32-8-6-26(22-33(32)49-37)4-3-25-5-7-31-29(21-25)23-34(47-31)36(40(2)19-20-40)50-38(52)28-11-15-42(45,46)16-12-28/h5-8,21-22,27-28,30,36H,9-20,23-24H2,1-2H3,(H,48,49)(H,50,52)/t30-,36-/m1/s1. The van der Waals surface area contributed by atoms with E-state index in [2.05, 4.69) is 36.0 Å². The number of aromatic nitrogens is 2. The maximum atomic E-state index is 13.7. The third-order valence-corrected chi connectivity index (χ3v) is 12.8. The van der Waals surface area contributed by atoms with Gasteiger partial charge in [0, 0.05) is 73.1 Å². The topological polar surface area (TPSA) is 87.2 Å². The average Bonchev–Trinajstić information content (AvgIpc) is 3.93. The molecule has 10 heteroatoms. The largest absolute Gasteiger partial charge is 0.347 e. The Hall–Kier alpha value is -4.00. The number of amides is 1. The maximum Gasteiger partial charge on any atom is 0.248 e. The summed E-state index contributed by atoms with van der Waals surface area (Å²) in [5, 5.41) is 3.22. The van der Waals surface area contributed by atoms with Gasteiger partial charge in [-0.25, -0.2) is 22.5 Å². The highest BCUT2D eigenvalue weighted by molar-refractivity contribution is 6.01. The number of Topliss-reactive ketones (excluding diaryl/α,β-unsaturated/α-hetero) is 1. The predicted molar refractivity (Wildman–Crippen MR) is 192 cm³/mol. The minimum Gasteiger partial charge on any atom is -0.347 e. The molecule has 1 amide bonds. The van der Waals surface area contributed by atoms with Gasteiger partial charge in [-0.05, 0) is 104 Å². The van der Waals surface area contributed by atoms with Gasteiger partial charge < -0.3 is 10.3 Å². The molecule has 0 unspecified atom stereocenters. The van der Waals surface area contributed by atoms with Crippen molar-refractivity contribution in [2.45, 2.75) is 128 Å². The molecule has 274 valence electrons. The van der Waals surface area contributed by atoms with Crippen molar-refractivity contribution in [3.63, 3.8) is 0 Å². The zero-order valence-corrected chi connectivity index (χ0v) is 29.9. The van der Waals surface area contributed by atoms with Crippen molar-refractivity contribution in [1.29, 1.82) is 0 Å². The molecule has 2 atom stereocenters. The summed E-state index contributed by atoms with van der Waals surface area (Å²) in [6, 6.07) is 11.6. The molecule has 5 aliphatic rings. The Morgan fingerprint density at radius 2 is 1.42 bits per heavy atom. The van der Waals surface area contributed by atoms with E-state index in [0.717, 1.165) is 70.6 Å². The number of halogens is 4. The summed E-state index contributed by atoms with van der Waals surface area (Å²) >= 11 is 0. The highest BCUT2D eigenvalue weighted by Crippen LogP contribution is 2.57. The van der Waals surface area contributed by atoms with E-state index in [9.17, 15) is 27.2 Å². The number of alkyl halides is 4. The van der Waals surface area contributed by atoms with Crippen LogP contribution in [0.2, 0.25) is 0 Å². The van der Waals surface area contributed by atoms with Gasteiger partial charge in [-0.1, -0.05) is 25.7 Å². The van der Waals surface area contributed by atoms with Crippen molar-refractivity contribution in [3.8, 4) is 11.8 Å². The number of hydrogen-bond donors (Lipinski definition) is 2. The molecule has 4 aliphatic carbocycles. The molecule has 0 bridgehead atoms. The highest BCUT2D eigenvalue weighted by atomic mass is 19.3. The number of aromatic amines is 1. The highest BCUT2D eigenvalue weighted by Gasteiger charge is 2.50. The molecule has 4 fully saturated rings. The van der Waals surface area contributed by atoms with Gasteiger partial charge >= 0.3 is 0 Å². The number of H-pyrrole nitrogens is 1. The van der Waals surface area contributed by atoms with Crippen LogP contribution in [0.3, 0.4) is 0 Å². The average molecular weight is 715 g/mol. The molecule has 8 rings (SSSR count). The zero-order chi connectivity index (χ0) is 36.5. The van der Waals surface area contributed by atoms with Crippen molar-refractivity contribution in [3.05, 3.63) is 58.9 Å². The number of rotatable bonds is 9. The summed E-state index contributed by atoms with van der Waals surface area (Å²) in [5.41, 5.74) is 6.03. The number of carbonyl (C=O) groups is 2. The van der Waals surface area contributed by atoms with Gasteiger partial charge in [0.05, 0.1) is 22.8 Å². The molecule has 2 heterocycles. The SMILES string of the molecule is CC1([C@H](NC(=O)C2CCC(F)(F)CC2)C2=Nc3ccc(C#Cc4ccc5nc([C@@H](CC(=O)C6CCC(F)(F)CC6)C6(C)CC6)[nH]c5c4)cc3C2)CC1. The van der Waals surface area contributed by atoms with E-state index in [1.165, 1.54) is 0 Å². The summed E-state index contributed by atoms with van der Waals surface area (Å²) in [6.45, 7) is 4.34. The van der Waals surface area contributed by atoms with Crippen LogP contribution in [0.5, 0.6) is 0 Å². The second kappa shape index (κ2) is 12.8. The Kier molecular flexibility index (Phi) is 8.66. The third kappa shape index (κ3) is 7.30. The Bertz CT molecular complexity index is 1990. The number of ketones is 1. The van der Waals surface area contributed by atoms with E-state index in [1.807, 2.05) is 36.4 Å². The van der Waals surface area contributed by atoms with Crippen LogP contribution in [-0.4, -0.2) is 45.3 Å². The zero-order valence-electron chi connectivity index (χ0n) is 29.9. The quantitative estimate of drug-likeness (QED) is 0.171. The second-order valence-corrected chi connectivity index (χ2v) is 17.0. The lowest BCUT2D eigenvalue weighted by Gasteiger charge is -2.31. The van der Waals surface area contributed by atoms with Crippen LogP contribution in [0.4, 0.5) is 23.2 Å². The lowest BCUT2D eigenvalue weighted by molar-refractivity contribution is -0.130. The lowest BCUT2D eigenvalue weighted by atomic mass is 9.78. The summed E-state index contributed by atoms with van der Waals surface area (Å²) in [4.78, 5) is 39.8. The molecule has 0 spiro atoms. The van der Waals surface area contributed by atoms with Gasteiger partial charge in [-0.2, -0.15) is 0 Å². The number of nitrogens with zero attached hydrogens (tertiary/aromatic N) is 2. The molecule has 0 radical (unpaired) electrons. The van der Waals surface area contributed by atoms with Crippen molar-refractivity contribution in [2.24, 2.45) is 27.7 Å². The first-order valence-electron chi connectivity index (χ1n) is 19.0. The van der Waals surface area contributed by atoms with Crippen LogP contribution in [0.25, 0.3) is 11.0 Å². The normalized spacial score (nSPS) is 23.8. The minimum atomic E-state index is -2.67. The molecule has 52 heavy (non-hydrogen) atoms. The van der Waals surface area contributed by atoms with Gasteiger partial charge in [0.25, 0.3) is 0 Å². The molecule has 4 saturated carbocycles. The van der Waals surface area contributed by atoms with Crippen LogP contribution in [0.15, 0.2) is 41.4 Å². The van der Waals surface area contributed by atoms with Crippen molar-refractivity contribution < 1.29 is 27.2 Å². The number of fused-ring (bicyclic) bond motifs is 2. The molecular formula is C42H46F4N4O2. The second-order valence-electron chi connectivity index (χ2n) is 17.0. The monoisotopic (exact) mass is 714 g/mol. The molecule has 1 aliphatic heterocycles. The predicted octanol–water partition coefficient (Wildman–Crippen LogP) is 9.37. The van der Waals surface area contributed by atoms with Gasteiger partial charge in [-0.15, -0.1) is 0 Å². The van der Waals surface area contributed by atoms with Gasteiger partial charge in [0.2, 0.25) is 17.8 Å². The Balaban J connectivity index is 0.940. The fraction of sp³-hybridized carbons (Fsp3) is 0.571. The number of nitrogens with one attached hydrogen (secondary N) is 2. The molecular weight excluding hydrogens is 668 g/mol. The summed E-state index contributed by atoms with van der Waals surface area (Å²) < 4.78 is 54.9. The van der Waals surface area contributed by atoms with E-state index in [1.54, 1.807) is 0 Å². The Labute approximate surface area is 302 Å². The number of aliphatic imine (C=N–C) groups is 1. The smallest absolute Gasteiger partial charge is 0.248 e. The molecule has 2 N–H and O–H groups in total. The van der Waals surface area contributed by atoms with Gasteiger partial charge in [-0.3, -0.25) is 14.6 Å². The summed E-state index contributed by atoms with van der Waals surface area (Å²) in [7, 11) is 0. The fourth-order valence-electron chi connectivity index (χ4n) is 8.54. The molecule has 1 aromatic heterocycles. The van der Waals surface area contributed by atoms with E-state index in [0.29, 0.717) is 12.8 Å². The van der Waals surface area contributed by atoms with Crippen LogP contribution in [-0.2, 0) is 16.0 Å². The van der Waals surface area contributed by atoms with Gasteiger partial charge in [0.1, 0.15) is 11.6 Å². The van der Waals surface area contributed by atoms with Crippen LogP contribution in [0.1, 0.15) is 126 Å². The lowest BCUT2D eigenvalue weighted by Crippen LogP contribution is -2.49. The number of carbonyl (C=O) groups excluding carboxylic acids is 2. The fourth-order valence-corrected chi connectivity index (χ4v) is 8.54. The van der Waals surface area contributed by atoms with Crippen LogP contribution < -0.4 is 5.32 Å². The maximum absolute atomic E-state index is 13.7. The van der Waals surface area contributed by atoms with Crippen LogP contribution >= 0.6 is 0 Å². The van der Waals surface area contributed by atoms with E-state index in [4.69, 9.17) is 9.98 Å². The van der Waals surface area contributed by atoms with E-state index in [-0.39, 0.29) is 97.7 Å². The molecule has 6 nitrogen and oxygen atoms in total. The Morgan fingerprint density at radius 1 is 0.827 bits per heavy atom. The number of imidazole rings is 1. The Morgan fingerprint density at radius 3 is 2.06 bits per heavy atom. The molecule has 2 aromatic carbocycles. The van der Waals surface area contributed by atoms with Crippen molar-refractivity contribution in [1.82, 2.24) is 15.3 Å². The third-order valence-electron chi connectivity index (χ3n) is 12.8. The summed E-state index contributed by atoms with van der Waals surface area (Å²) in [5.74, 6) is 1.19. The van der Waals surface area contributed by atoms with Gasteiger partial charge in [0.15, 0.2) is 0 Å². The van der Waals surface area contributed by atoms with Crippen molar-refractivity contribution in [2.75, 3.05) is 0 Å². The first-order valence-corrected chi connectivity index (χ1v) is 19.0. The number of hydrogen-bond acceptors (Lipinski definition) is 4. The first-order chi connectivity index (χ1) is 24.7. The van der Waals surface area contributed by atoms with Crippen molar-refractivity contribution >= 4 is 34.1 Å². The number of benzene rings is 2. The first kappa shape index (κ1) is 35.1. The summed E-state index contributed by atoms with van der Waals surface area (Å²) in [6.07, 6.45) is 4.92. The molecule has 3 aromatic rings.